The maximum absolute atomic E-state index is 11.0. The Morgan fingerprint density at radius 1 is 1.35 bits per heavy atom. The standard InChI is InChI=1S/C15H20N2O2S/c1-15(2,13(18)19)9-5-6-10-20-14-16-11-7-3-4-8-12(11)17-14/h3-4,7-8H,5-6,9-10H2,1-2H3,(H,16,17)(H,18,19). The summed E-state index contributed by atoms with van der Waals surface area (Å²) in [7, 11) is 0. The zero-order valence-corrected chi connectivity index (χ0v) is 12.7. The molecule has 0 unspecified atom stereocenters. The molecule has 5 heteroatoms. The van der Waals surface area contributed by atoms with Crippen LogP contribution in [0.3, 0.4) is 0 Å². The summed E-state index contributed by atoms with van der Waals surface area (Å²) in [6.45, 7) is 3.56. The van der Waals surface area contributed by atoms with Crippen molar-refractivity contribution in [2.45, 2.75) is 38.3 Å². The molecule has 4 nitrogen and oxygen atoms in total. The molecule has 1 aromatic heterocycles. The number of aliphatic carboxylic acids is 1. The lowest BCUT2D eigenvalue weighted by Gasteiger charge is -2.18. The Labute approximate surface area is 123 Å². The second kappa shape index (κ2) is 6.31. The number of benzene rings is 1. The molecule has 0 saturated heterocycles. The number of imidazole rings is 1. The van der Waals surface area contributed by atoms with Crippen LogP contribution < -0.4 is 0 Å². The predicted octanol–water partition coefficient (Wildman–Crippen LogP) is 3.94. The first kappa shape index (κ1) is 14.9. The van der Waals surface area contributed by atoms with Gasteiger partial charge in [-0.25, -0.2) is 4.98 Å². The summed E-state index contributed by atoms with van der Waals surface area (Å²) >= 11 is 1.69. The van der Waals surface area contributed by atoms with Crippen LogP contribution >= 0.6 is 11.8 Å². The number of carboxylic acid groups (broad SMARTS) is 1. The van der Waals surface area contributed by atoms with E-state index in [1.807, 2.05) is 24.3 Å². The number of thioether (sulfide) groups is 1. The summed E-state index contributed by atoms with van der Waals surface area (Å²) in [6, 6.07) is 7.97. The van der Waals surface area contributed by atoms with Gasteiger partial charge in [0.1, 0.15) is 0 Å². The number of hydrogen-bond donors (Lipinski definition) is 2. The van der Waals surface area contributed by atoms with Gasteiger partial charge in [-0.1, -0.05) is 30.3 Å². The van der Waals surface area contributed by atoms with Gasteiger partial charge < -0.3 is 10.1 Å². The van der Waals surface area contributed by atoms with E-state index in [0.717, 1.165) is 34.8 Å². The van der Waals surface area contributed by atoms with Gasteiger partial charge >= 0.3 is 5.97 Å². The lowest BCUT2D eigenvalue weighted by Crippen LogP contribution is -2.23. The fourth-order valence-electron chi connectivity index (χ4n) is 1.94. The average molecular weight is 292 g/mol. The first-order valence-corrected chi connectivity index (χ1v) is 7.78. The van der Waals surface area contributed by atoms with E-state index in [1.165, 1.54) is 0 Å². The molecule has 0 fully saturated rings. The number of H-pyrrole nitrogens is 1. The van der Waals surface area contributed by atoms with E-state index >= 15 is 0 Å². The molecule has 2 rings (SSSR count). The molecule has 1 heterocycles. The van der Waals surface area contributed by atoms with Crippen LogP contribution in [0, 0.1) is 5.41 Å². The Kier molecular flexibility index (Phi) is 4.70. The van der Waals surface area contributed by atoms with Crippen LogP contribution in [-0.4, -0.2) is 26.8 Å². The molecule has 0 amide bonds. The molecule has 2 N–H and O–H groups in total. The fourth-order valence-corrected chi connectivity index (χ4v) is 2.83. The number of rotatable bonds is 7. The first-order chi connectivity index (χ1) is 9.49. The number of carboxylic acids is 1. The zero-order valence-electron chi connectivity index (χ0n) is 11.8. The van der Waals surface area contributed by atoms with Crippen molar-refractivity contribution in [3.8, 4) is 0 Å². The van der Waals surface area contributed by atoms with Crippen molar-refractivity contribution in [2.24, 2.45) is 5.41 Å². The summed E-state index contributed by atoms with van der Waals surface area (Å²) in [5.41, 5.74) is 1.42. The van der Waals surface area contributed by atoms with Gasteiger partial charge in [-0.2, -0.15) is 0 Å². The van der Waals surface area contributed by atoms with Crippen molar-refractivity contribution in [2.75, 3.05) is 5.75 Å². The van der Waals surface area contributed by atoms with Crippen molar-refractivity contribution in [1.29, 1.82) is 0 Å². The number of carbonyl (C=O) groups is 1. The largest absolute Gasteiger partial charge is 0.481 e. The minimum atomic E-state index is -0.720. The van der Waals surface area contributed by atoms with E-state index in [0.29, 0.717) is 6.42 Å². The summed E-state index contributed by atoms with van der Waals surface area (Å²) < 4.78 is 0. The number of para-hydroxylation sites is 2. The van der Waals surface area contributed by atoms with Gasteiger partial charge in [0.25, 0.3) is 0 Å². The summed E-state index contributed by atoms with van der Waals surface area (Å²) in [5.74, 6) is 0.234. The van der Waals surface area contributed by atoms with Crippen LogP contribution in [0.15, 0.2) is 29.4 Å². The second-order valence-electron chi connectivity index (χ2n) is 5.55. The molecule has 0 saturated carbocycles. The third kappa shape index (κ3) is 3.76. The molecule has 108 valence electrons. The Morgan fingerprint density at radius 3 is 2.80 bits per heavy atom. The molecule has 0 aliphatic rings. The van der Waals surface area contributed by atoms with Gasteiger partial charge in [-0.3, -0.25) is 4.79 Å². The molecule has 0 aliphatic carbocycles. The first-order valence-electron chi connectivity index (χ1n) is 6.80. The molecule has 0 aliphatic heterocycles. The monoisotopic (exact) mass is 292 g/mol. The Hall–Kier alpha value is -1.49. The summed E-state index contributed by atoms with van der Waals surface area (Å²) in [6.07, 6.45) is 2.63. The van der Waals surface area contributed by atoms with Crippen molar-refractivity contribution in [1.82, 2.24) is 9.97 Å². The lowest BCUT2D eigenvalue weighted by molar-refractivity contribution is -0.147. The lowest BCUT2D eigenvalue weighted by atomic mass is 9.88. The van der Waals surface area contributed by atoms with E-state index in [1.54, 1.807) is 25.6 Å². The molecular formula is C15H20N2O2S. The van der Waals surface area contributed by atoms with Crippen LogP contribution in [0.2, 0.25) is 0 Å². The van der Waals surface area contributed by atoms with Crippen molar-refractivity contribution in [3.63, 3.8) is 0 Å². The number of hydrogen-bond acceptors (Lipinski definition) is 3. The smallest absolute Gasteiger partial charge is 0.309 e. The molecular weight excluding hydrogens is 272 g/mol. The molecule has 1 aromatic carbocycles. The van der Waals surface area contributed by atoms with Gasteiger partial charge in [0, 0.05) is 5.75 Å². The predicted molar refractivity (Wildman–Crippen MR) is 82.1 cm³/mol. The van der Waals surface area contributed by atoms with Crippen molar-refractivity contribution < 1.29 is 9.90 Å². The van der Waals surface area contributed by atoms with Crippen LogP contribution in [0.1, 0.15) is 33.1 Å². The Bertz CT molecular complexity index is 559. The maximum Gasteiger partial charge on any atom is 0.309 e. The molecule has 0 spiro atoms. The van der Waals surface area contributed by atoms with Gasteiger partial charge in [0.15, 0.2) is 5.16 Å². The van der Waals surface area contributed by atoms with E-state index in [4.69, 9.17) is 5.11 Å². The van der Waals surface area contributed by atoms with E-state index in [9.17, 15) is 4.79 Å². The van der Waals surface area contributed by atoms with Crippen LogP contribution in [0.5, 0.6) is 0 Å². The number of fused-ring (bicyclic) bond motifs is 1. The highest BCUT2D eigenvalue weighted by Crippen LogP contribution is 2.25. The van der Waals surface area contributed by atoms with E-state index in [-0.39, 0.29) is 0 Å². The SMILES string of the molecule is CC(C)(CCCCSc1nc2ccccc2[nH]1)C(=O)O. The van der Waals surface area contributed by atoms with Gasteiger partial charge in [-0.05, 0) is 38.8 Å². The quantitative estimate of drug-likeness (QED) is 0.599. The minimum absolute atomic E-state index is 0.621. The van der Waals surface area contributed by atoms with Crippen molar-refractivity contribution in [3.05, 3.63) is 24.3 Å². The number of nitrogens with zero attached hydrogens (tertiary/aromatic N) is 1. The Balaban J connectivity index is 1.75. The molecule has 20 heavy (non-hydrogen) atoms. The van der Waals surface area contributed by atoms with Gasteiger partial charge in [0.2, 0.25) is 0 Å². The molecule has 0 atom stereocenters. The molecule has 0 bridgehead atoms. The normalized spacial score (nSPS) is 11.9. The topological polar surface area (TPSA) is 66.0 Å². The number of aromatic nitrogens is 2. The second-order valence-corrected chi connectivity index (χ2v) is 6.64. The highest BCUT2D eigenvalue weighted by atomic mass is 32.2. The summed E-state index contributed by atoms with van der Waals surface area (Å²) in [4.78, 5) is 18.8. The molecule has 0 radical (unpaired) electrons. The number of aromatic amines is 1. The zero-order chi connectivity index (χ0) is 14.6. The average Bonchev–Trinajstić information content (AvgIpc) is 2.80. The highest BCUT2D eigenvalue weighted by Gasteiger charge is 2.25. The number of unbranched alkanes of at least 4 members (excludes halogenated alkanes) is 1. The summed E-state index contributed by atoms with van der Waals surface area (Å²) in [5, 5.41) is 9.97. The van der Waals surface area contributed by atoms with E-state index < -0.39 is 11.4 Å². The third-order valence-electron chi connectivity index (χ3n) is 3.38. The van der Waals surface area contributed by atoms with Crippen LogP contribution in [-0.2, 0) is 4.79 Å². The number of nitrogens with one attached hydrogen (secondary N) is 1. The van der Waals surface area contributed by atoms with Crippen molar-refractivity contribution >= 4 is 28.8 Å². The highest BCUT2D eigenvalue weighted by molar-refractivity contribution is 7.99. The van der Waals surface area contributed by atoms with Crippen LogP contribution in [0.4, 0.5) is 0 Å². The van der Waals surface area contributed by atoms with Gasteiger partial charge in [0.05, 0.1) is 16.4 Å². The van der Waals surface area contributed by atoms with E-state index in [2.05, 4.69) is 9.97 Å². The molecule has 2 aromatic rings. The maximum atomic E-state index is 11.0. The Morgan fingerprint density at radius 2 is 2.10 bits per heavy atom. The fraction of sp³-hybridized carbons (Fsp3) is 0.467. The van der Waals surface area contributed by atoms with Gasteiger partial charge in [-0.15, -0.1) is 0 Å². The minimum Gasteiger partial charge on any atom is -0.481 e. The van der Waals surface area contributed by atoms with Crippen LogP contribution in [0.25, 0.3) is 11.0 Å². The third-order valence-corrected chi connectivity index (χ3v) is 4.34.